The van der Waals surface area contributed by atoms with Crippen LogP contribution in [0, 0.1) is 0 Å². The van der Waals surface area contributed by atoms with Crippen molar-refractivity contribution in [1.82, 2.24) is 9.97 Å². The number of phenols is 1. The fraction of sp³-hybridized carbons (Fsp3) is 0.450. The number of morpholine rings is 2. The maximum atomic E-state index is 9.58. The van der Waals surface area contributed by atoms with E-state index in [1.807, 2.05) is 12.1 Å². The van der Waals surface area contributed by atoms with Crippen molar-refractivity contribution in [3.63, 3.8) is 0 Å². The fourth-order valence-corrected chi connectivity index (χ4v) is 3.26. The SMILES string of the molecule is Oc1cccc(C=NCc2cc(N3CCOCC3)nc(N3CCOCC3)n2)c1. The number of hydrogen-bond acceptors (Lipinski definition) is 8. The van der Waals surface area contributed by atoms with E-state index in [1.54, 1.807) is 24.4 Å². The second kappa shape index (κ2) is 8.99. The van der Waals surface area contributed by atoms with Gasteiger partial charge in [0, 0.05) is 38.5 Å². The van der Waals surface area contributed by atoms with E-state index < -0.39 is 0 Å². The van der Waals surface area contributed by atoms with E-state index >= 15 is 0 Å². The number of aromatic nitrogens is 2. The summed E-state index contributed by atoms with van der Waals surface area (Å²) in [4.78, 5) is 18.5. The summed E-state index contributed by atoms with van der Waals surface area (Å²) < 4.78 is 10.9. The molecule has 2 aromatic rings. The maximum absolute atomic E-state index is 9.58. The molecule has 148 valence electrons. The summed E-state index contributed by atoms with van der Waals surface area (Å²) in [5.41, 5.74) is 1.73. The molecule has 2 aliphatic heterocycles. The number of phenolic OH excluding ortho intramolecular Hbond substituents is 1. The van der Waals surface area contributed by atoms with Crippen molar-refractivity contribution in [2.45, 2.75) is 6.54 Å². The van der Waals surface area contributed by atoms with Crippen molar-refractivity contribution < 1.29 is 14.6 Å². The zero-order valence-electron chi connectivity index (χ0n) is 15.8. The van der Waals surface area contributed by atoms with Crippen LogP contribution < -0.4 is 9.80 Å². The van der Waals surface area contributed by atoms with Gasteiger partial charge >= 0.3 is 0 Å². The Kier molecular flexibility index (Phi) is 5.98. The summed E-state index contributed by atoms with van der Waals surface area (Å²) in [7, 11) is 0. The van der Waals surface area contributed by atoms with Crippen LogP contribution in [-0.4, -0.2) is 73.9 Å². The lowest BCUT2D eigenvalue weighted by atomic mass is 10.2. The summed E-state index contributed by atoms with van der Waals surface area (Å²) in [5, 5.41) is 9.58. The van der Waals surface area contributed by atoms with Gasteiger partial charge in [0.25, 0.3) is 0 Å². The summed E-state index contributed by atoms with van der Waals surface area (Å²) >= 11 is 0. The first-order valence-corrected chi connectivity index (χ1v) is 9.60. The highest BCUT2D eigenvalue weighted by Crippen LogP contribution is 2.20. The predicted molar refractivity (Wildman–Crippen MR) is 108 cm³/mol. The van der Waals surface area contributed by atoms with E-state index in [-0.39, 0.29) is 5.75 Å². The summed E-state index contributed by atoms with van der Waals surface area (Å²) in [6.45, 7) is 6.48. The lowest BCUT2D eigenvalue weighted by Crippen LogP contribution is -2.39. The molecule has 4 rings (SSSR count). The predicted octanol–water partition coefficient (Wildman–Crippen LogP) is 1.47. The minimum atomic E-state index is 0.232. The highest BCUT2D eigenvalue weighted by molar-refractivity contribution is 5.80. The van der Waals surface area contributed by atoms with Crippen LogP contribution in [0.25, 0.3) is 0 Å². The highest BCUT2D eigenvalue weighted by Gasteiger charge is 2.19. The maximum Gasteiger partial charge on any atom is 0.227 e. The Morgan fingerprint density at radius 2 is 1.68 bits per heavy atom. The van der Waals surface area contributed by atoms with Crippen LogP contribution in [0.2, 0.25) is 0 Å². The van der Waals surface area contributed by atoms with Crippen molar-refractivity contribution in [1.29, 1.82) is 0 Å². The summed E-state index contributed by atoms with van der Waals surface area (Å²) in [6, 6.07) is 9.04. The Bertz CT molecular complexity index is 781. The standard InChI is InChI=1S/C20H25N5O3/c26-18-3-1-2-16(12-18)14-21-15-17-13-19(24-4-8-27-9-5-24)23-20(22-17)25-6-10-28-11-7-25/h1-3,12-14,26H,4-11,15H2. The van der Waals surface area contributed by atoms with Gasteiger partial charge in [0.15, 0.2) is 0 Å². The average Bonchev–Trinajstić information content (AvgIpc) is 2.75. The van der Waals surface area contributed by atoms with Crippen molar-refractivity contribution in [3.05, 3.63) is 41.6 Å². The molecule has 2 saturated heterocycles. The van der Waals surface area contributed by atoms with Gasteiger partial charge in [-0.3, -0.25) is 4.99 Å². The Balaban J connectivity index is 1.55. The van der Waals surface area contributed by atoms with Gasteiger partial charge in [-0.2, -0.15) is 4.98 Å². The van der Waals surface area contributed by atoms with Crippen LogP contribution in [0.4, 0.5) is 11.8 Å². The molecule has 1 aromatic heterocycles. The van der Waals surface area contributed by atoms with Crippen molar-refractivity contribution >= 4 is 18.0 Å². The first-order chi connectivity index (χ1) is 13.8. The van der Waals surface area contributed by atoms with Gasteiger partial charge in [-0.05, 0) is 17.7 Å². The van der Waals surface area contributed by atoms with Crippen molar-refractivity contribution in [3.8, 4) is 5.75 Å². The highest BCUT2D eigenvalue weighted by atomic mass is 16.5. The second-order valence-electron chi connectivity index (χ2n) is 6.78. The zero-order chi connectivity index (χ0) is 19.2. The molecule has 1 aromatic carbocycles. The zero-order valence-corrected chi connectivity index (χ0v) is 15.8. The van der Waals surface area contributed by atoms with Crippen LogP contribution in [0.5, 0.6) is 5.75 Å². The summed E-state index contributed by atoms with van der Waals surface area (Å²) in [5.74, 6) is 1.88. The smallest absolute Gasteiger partial charge is 0.227 e. The first kappa shape index (κ1) is 18.6. The number of nitrogens with zero attached hydrogens (tertiary/aromatic N) is 5. The molecule has 3 heterocycles. The Hall–Kier alpha value is -2.71. The monoisotopic (exact) mass is 383 g/mol. The molecular weight excluding hydrogens is 358 g/mol. The normalized spacial score (nSPS) is 18.0. The molecular formula is C20H25N5O3. The van der Waals surface area contributed by atoms with E-state index in [2.05, 4.69) is 14.8 Å². The quantitative estimate of drug-likeness (QED) is 0.783. The fourth-order valence-electron chi connectivity index (χ4n) is 3.26. The van der Waals surface area contributed by atoms with Gasteiger partial charge in [-0.15, -0.1) is 0 Å². The average molecular weight is 383 g/mol. The van der Waals surface area contributed by atoms with Gasteiger partial charge in [0.2, 0.25) is 5.95 Å². The van der Waals surface area contributed by atoms with Crippen LogP contribution in [0.3, 0.4) is 0 Å². The number of ether oxygens (including phenoxy) is 2. The van der Waals surface area contributed by atoms with Crippen LogP contribution in [0.15, 0.2) is 35.3 Å². The molecule has 1 N–H and O–H groups in total. The summed E-state index contributed by atoms with van der Waals surface area (Å²) in [6.07, 6.45) is 1.75. The third-order valence-corrected chi connectivity index (χ3v) is 4.75. The third kappa shape index (κ3) is 4.76. The van der Waals surface area contributed by atoms with Gasteiger partial charge in [-0.25, -0.2) is 4.98 Å². The Morgan fingerprint density at radius 3 is 2.39 bits per heavy atom. The van der Waals surface area contributed by atoms with E-state index in [1.165, 1.54) is 0 Å². The largest absolute Gasteiger partial charge is 0.508 e. The topological polar surface area (TPSA) is 83.3 Å². The molecule has 0 unspecified atom stereocenters. The van der Waals surface area contributed by atoms with E-state index in [0.717, 1.165) is 49.2 Å². The lowest BCUT2D eigenvalue weighted by molar-refractivity contribution is 0.121. The number of rotatable bonds is 5. The van der Waals surface area contributed by atoms with Gasteiger partial charge in [0.05, 0.1) is 38.7 Å². The van der Waals surface area contributed by atoms with Crippen molar-refractivity contribution in [2.75, 3.05) is 62.4 Å². The number of benzene rings is 1. The second-order valence-corrected chi connectivity index (χ2v) is 6.78. The lowest BCUT2D eigenvalue weighted by Gasteiger charge is -2.31. The van der Waals surface area contributed by atoms with Gasteiger partial charge in [-0.1, -0.05) is 12.1 Å². The number of hydrogen-bond donors (Lipinski definition) is 1. The molecule has 0 saturated carbocycles. The van der Waals surface area contributed by atoms with Crippen LogP contribution in [0.1, 0.15) is 11.3 Å². The Morgan fingerprint density at radius 1 is 0.964 bits per heavy atom. The van der Waals surface area contributed by atoms with Crippen molar-refractivity contribution in [2.24, 2.45) is 4.99 Å². The molecule has 2 aliphatic rings. The molecule has 8 heteroatoms. The van der Waals surface area contributed by atoms with E-state index in [4.69, 9.17) is 19.4 Å². The molecule has 0 amide bonds. The molecule has 0 spiro atoms. The van der Waals surface area contributed by atoms with Gasteiger partial charge < -0.3 is 24.4 Å². The molecule has 28 heavy (non-hydrogen) atoms. The molecule has 0 radical (unpaired) electrons. The van der Waals surface area contributed by atoms with Gasteiger partial charge in [0.1, 0.15) is 11.6 Å². The molecule has 0 aliphatic carbocycles. The third-order valence-electron chi connectivity index (χ3n) is 4.75. The van der Waals surface area contributed by atoms with E-state index in [0.29, 0.717) is 33.0 Å². The number of anilines is 2. The number of aliphatic imine (C=N–C) groups is 1. The molecule has 0 atom stereocenters. The first-order valence-electron chi connectivity index (χ1n) is 9.60. The van der Waals surface area contributed by atoms with Crippen LogP contribution >= 0.6 is 0 Å². The minimum Gasteiger partial charge on any atom is -0.508 e. The van der Waals surface area contributed by atoms with Crippen LogP contribution in [-0.2, 0) is 16.0 Å². The minimum absolute atomic E-state index is 0.232. The Labute approximate surface area is 164 Å². The van der Waals surface area contributed by atoms with E-state index in [9.17, 15) is 5.11 Å². The molecule has 0 bridgehead atoms. The molecule has 8 nitrogen and oxygen atoms in total. The molecule has 2 fully saturated rings. The number of aromatic hydroxyl groups is 1.